The molecule has 1 aromatic heterocycles. The number of hydrogen-bond donors (Lipinski definition) is 0. The summed E-state index contributed by atoms with van der Waals surface area (Å²) < 4.78 is 0. The number of rotatable bonds is 0. The number of benzene rings is 1. The highest BCUT2D eigenvalue weighted by Crippen LogP contribution is 2.55. The van der Waals surface area contributed by atoms with Crippen molar-refractivity contribution in [3.8, 4) is 0 Å². The quantitative estimate of drug-likeness (QED) is 0.731. The maximum absolute atomic E-state index is 4.62. The predicted octanol–water partition coefficient (Wildman–Crippen LogP) is 4.17. The Morgan fingerprint density at radius 3 is 2.61 bits per heavy atom. The van der Waals surface area contributed by atoms with E-state index in [2.05, 4.69) is 78.8 Å². The Morgan fingerprint density at radius 2 is 1.83 bits per heavy atom. The lowest BCUT2D eigenvalue weighted by Crippen LogP contribution is -2.51. The van der Waals surface area contributed by atoms with Crippen LogP contribution in [0.15, 0.2) is 36.8 Å². The van der Waals surface area contributed by atoms with Crippen LogP contribution < -0.4 is 9.80 Å². The third-order valence-corrected chi connectivity index (χ3v) is 6.17. The summed E-state index contributed by atoms with van der Waals surface area (Å²) in [5.74, 6) is 2.07. The van der Waals surface area contributed by atoms with Crippen molar-refractivity contribution in [3.63, 3.8) is 0 Å². The average molecular weight is 308 g/mol. The summed E-state index contributed by atoms with van der Waals surface area (Å²) >= 11 is 0. The number of hydrogen-bond acceptors (Lipinski definition) is 4. The van der Waals surface area contributed by atoms with Gasteiger partial charge in [0.05, 0.1) is 6.20 Å². The van der Waals surface area contributed by atoms with Gasteiger partial charge in [-0.1, -0.05) is 45.9 Å². The molecule has 2 aliphatic rings. The van der Waals surface area contributed by atoms with Gasteiger partial charge in [0.15, 0.2) is 5.82 Å². The van der Waals surface area contributed by atoms with E-state index in [1.165, 1.54) is 11.3 Å². The first kappa shape index (κ1) is 14.5. The van der Waals surface area contributed by atoms with Gasteiger partial charge >= 0.3 is 0 Å². The summed E-state index contributed by atoms with van der Waals surface area (Å²) in [6, 6.07) is 8.78. The molecule has 23 heavy (non-hydrogen) atoms. The fourth-order valence-electron chi connectivity index (χ4n) is 4.49. The second-order valence-electron chi connectivity index (χ2n) is 7.54. The van der Waals surface area contributed by atoms with Crippen LogP contribution in [0.25, 0.3) is 0 Å². The third-order valence-electron chi connectivity index (χ3n) is 6.17. The fraction of sp³-hybridized carbons (Fsp3) is 0.474. The maximum atomic E-state index is 4.62. The van der Waals surface area contributed by atoms with Gasteiger partial charge in [0.25, 0.3) is 0 Å². The zero-order chi connectivity index (χ0) is 16.4. The first-order valence-corrected chi connectivity index (χ1v) is 8.35. The zero-order valence-corrected chi connectivity index (χ0v) is 14.5. The summed E-state index contributed by atoms with van der Waals surface area (Å²) in [5, 5.41) is 0. The van der Waals surface area contributed by atoms with Crippen LogP contribution in [0.3, 0.4) is 0 Å². The van der Waals surface area contributed by atoms with E-state index in [-0.39, 0.29) is 11.6 Å². The standard InChI is InChI=1S/C19H24N4/c1-12-13(2)19(3,4)18-22(5)16-10-20-11-21-17(16)23(18)15-9-7-6-8-14(12)15/h6-13,18H,1-5H3. The molecule has 4 rings (SSSR count). The Kier molecular flexibility index (Phi) is 2.96. The van der Waals surface area contributed by atoms with E-state index in [4.69, 9.17) is 0 Å². The van der Waals surface area contributed by atoms with Crippen molar-refractivity contribution in [3.05, 3.63) is 42.4 Å². The molecule has 0 saturated heterocycles. The predicted molar refractivity (Wildman–Crippen MR) is 94.2 cm³/mol. The molecule has 3 heterocycles. The second-order valence-corrected chi connectivity index (χ2v) is 7.54. The van der Waals surface area contributed by atoms with Gasteiger partial charge in [0.1, 0.15) is 18.2 Å². The molecular formula is C19H24N4. The van der Waals surface area contributed by atoms with Crippen molar-refractivity contribution >= 4 is 17.2 Å². The molecule has 0 amide bonds. The smallest absolute Gasteiger partial charge is 0.161 e. The number of aromatic nitrogens is 2. The minimum Gasteiger partial charge on any atom is -0.349 e. The van der Waals surface area contributed by atoms with Crippen LogP contribution in [0.2, 0.25) is 0 Å². The minimum atomic E-state index is 0.105. The number of para-hydroxylation sites is 1. The summed E-state index contributed by atoms with van der Waals surface area (Å²) in [5.41, 5.74) is 3.91. The molecule has 0 fully saturated rings. The molecular weight excluding hydrogens is 284 g/mol. The third kappa shape index (κ3) is 1.78. The normalized spacial score (nSPS) is 28.0. The maximum Gasteiger partial charge on any atom is 0.161 e. The fourth-order valence-corrected chi connectivity index (χ4v) is 4.49. The SMILES string of the molecule is CC1c2ccccc2N2c3ncncc3N(C)C2C(C)(C)C1C. The van der Waals surface area contributed by atoms with Crippen molar-refractivity contribution in [2.45, 2.75) is 39.8 Å². The van der Waals surface area contributed by atoms with Crippen molar-refractivity contribution in [2.75, 3.05) is 16.8 Å². The van der Waals surface area contributed by atoms with Crippen molar-refractivity contribution in [2.24, 2.45) is 11.3 Å². The van der Waals surface area contributed by atoms with Crippen molar-refractivity contribution in [1.82, 2.24) is 9.97 Å². The van der Waals surface area contributed by atoms with E-state index in [1.54, 1.807) is 6.33 Å². The molecule has 2 aliphatic heterocycles. The van der Waals surface area contributed by atoms with Crippen LogP contribution in [-0.4, -0.2) is 23.2 Å². The second kappa shape index (κ2) is 4.70. The summed E-state index contributed by atoms with van der Waals surface area (Å²) in [4.78, 5) is 13.6. The van der Waals surface area contributed by atoms with Gasteiger partial charge in [-0.2, -0.15) is 0 Å². The van der Waals surface area contributed by atoms with E-state index in [0.717, 1.165) is 11.5 Å². The molecule has 3 atom stereocenters. The van der Waals surface area contributed by atoms with Gasteiger partial charge in [-0.05, 0) is 23.5 Å². The summed E-state index contributed by atoms with van der Waals surface area (Å²) in [6.07, 6.45) is 3.84. The lowest BCUT2D eigenvalue weighted by Gasteiger charge is -2.44. The molecule has 0 aliphatic carbocycles. The van der Waals surface area contributed by atoms with Crippen molar-refractivity contribution in [1.29, 1.82) is 0 Å². The molecule has 0 bridgehead atoms. The molecule has 2 aromatic rings. The van der Waals surface area contributed by atoms with Gasteiger partial charge < -0.3 is 9.80 Å². The van der Waals surface area contributed by atoms with Crippen molar-refractivity contribution < 1.29 is 0 Å². The Morgan fingerprint density at radius 1 is 1.09 bits per heavy atom. The lowest BCUT2D eigenvalue weighted by molar-refractivity contribution is 0.167. The number of nitrogens with zero attached hydrogens (tertiary/aromatic N) is 4. The Bertz CT molecular complexity index is 755. The Labute approximate surface area is 138 Å². The Hall–Kier alpha value is -2.10. The van der Waals surface area contributed by atoms with E-state index in [1.807, 2.05) is 6.20 Å². The van der Waals surface area contributed by atoms with Gasteiger partial charge in [0, 0.05) is 18.2 Å². The largest absolute Gasteiger partial charge is 0.349 e. The highest BCUT2D eigenvalue weighted by atomic mass is 15.4. The lowest BCUT2D eigenvalue weighted by atomic mass is 9.70. The van der Waals surface area contributed by atoms with Gasteiger partial charge in [-0.15, -0.1) is 0 Å². The molecule has 0 saturated carbocycles. The van der Waals surface area contributed by atoms with E-state index in [0.29, 0.717) is 11.8 Å². The molecule has 3 unspecified atom stereocenters. The van der Waals surface area contributed by atoms with E-state index in [9.17, 15) is 0 Å². The molecule has 4 nitrogen and oxygen atoms in total. The highest BCUT2D eigenvalue weighted by Gasteiger charge is 2.51. The van der Waals surface area contributed by atoms with Crippen LogP contribution in [0, 0.1) is 11.3 Å². The molecule has 0 N–H and O–H groups in total. The molecule has 0 radical (unpaired) electrons. The topological polar surface area (TPSA) is 32.3 Å². The average Bonchev–Trinajstić information content (AvgIpc) is 2.84. The number of anilines is 3. The van der Waals surface area contributed by atoms with E-state index >= 15 is 0 Å². The highest BCUT2D eigenvalue weighted by molar-refractivity contribution is 5.82. The van der Waals surface area contributed by atoms with Crippen LogP contribution >= 0.6 is 0 Å². The summed E-state index contributed by atoms with van der Waals surface area (Å²) in [7, 11) is 2.17. The monoisotopic (exact) mass is 308 g/mol. The zero-order valence-electron chi connectivity index (χ0n) is 14.5. The molecule has 1 aromatic carbocycles. The number of fused-ring (bicyclic) bond motifs is 5. The van der Waals surface area contributed by atoms with Gasteiger partial charge in [-0.3, -0.25) is 0 Å². The van der Waals surface area contributed by atoms with E-state index < -0.39 is 0 Å². The van der Waals surface area contributed by atoms with Gasteiger partial charge in [0.2, 0.25) is 0 Å². The van der Waals surface area contributed by atoms with Crippen LogP contribution in [-0.2, 0) is 0 Å². The molecule has 120 valence electrons. The first-order valence-electron chi connectivity index (χ1n) is 8.35. The Balaban J connectivity index is 2.03. The summed E-state index contributed by atoms with van der Waals surface area (Å²) in [6.45, 7) is 9.50. The van der Waals surface area contributed by atoms with Crippen LogP contribution in [0.1, 0.15) is 39.2 Å². The first-order chi connectivity index (χ1) is 10.9. The minimum absolute atomic E-state index is 0.105. The van der Waals surface area contributed by atoms with Gasteiger partial charge in [-0.25, -0.2) is 9.97 Å². The van der Waals surface area contributed by atoms with Crippen LogP contribution in [0.4, 0.5) is 17.2 Å². The van der Waals surface area contributed by atoms with Crippen LogP contribution in [0.5, 0.6) is 0 Å². The molecule has 4 heteroatoms. The molecule has 0 spiro atoms.